The van der Waals surface area contributed by atoms with Crippen molar-refractivity contribution in [1.82, 2.24) is 5.01 Å². The molecule has 1 N–H and O–H groups in total. The summed E-state index contributed by atoms with van der Waals surface area (Å²) in [6.45, 7) is 1.50. The molecule has 22 heavy (non-hydrogen) atoms. The zero-order chi connectivity index (χ0) is 15.7. The van der Waals surface area contributed by atoms with Crippen LogP contribution in [0.25, 0.3) is 0 Å². The number of amides is 1. The molecule has 0 fully saturated rings. The number of hydrazone groups is 1. The second kappa shape index (κ2) is 5.81. The molecule has 112 valence electrons. The summed E-state index contributed by atoms with van der Waals surface area (Å²) < 4.78 is 0. The van der Waals surface area contributed by atoms with Crippen molar-refractivity contribution < 1.29 is 9.90 Å². The van der Waals surface area contributed by atoms with E-state index in [-0.39, 0.29) is 17.7 Å². The highest BCUT2D eigenvalue weighted by atomic mass is 35.5. The summed E-state index contributed by atoms with van der Waals surface area (Å²) in [7, 11) is 0. The van der Waals surface area contributed by atoms with Crippen molar-refractivity contribution in [3.63, 3.8) is 0 Å². The van der Waals surface area contributed by atoms with Crippen LogP contribution >= 0.6 is 11.6 Å². The normalized spacial score (nSPS) is 17.5. The Balaban J connectivity index is 1.92. The molecule has 1 amide bonds. The number of carbonyl (C=O) groups is 1. The van der Waals surface area contributed by atoms with Crippen LogP contribution < -0.4 is 0 Å². The largest absolute Gasteiger partial charge is 0.508 e. The van der Waals surface area contributed by atoms with Crippen LogP contribution in [0.5, 0.6) is 5.75 Å². The van der Waals surface area contributed by atoms with Crippen molar-refractivity contribution in [2.45, 2.75) is 19.4 Å². The van der Waals surface area contributed by atoms with E-state index in [0.717, 1.165) is 16.8 Å². The highest BCUT2D eigenvalue weighted by Gasteiger charge is 2.31. The second-order valence-corrected chi connectivity index (χ2v) is 5.67. The smallest absolute Gasteiger partial charge is 0.240 e. The van der Waals surface area contributed by atoms with Crippen molar-refractivity contribution in [2.24, 2.45) is 5.10 Å². The summed E-state index contributed by atoms with van der Waals surface area (Å²) in [6.07, 6.45) is 0.631. The summed E-state index contributed by atoms with van der Waals surface area (Å²) in [5.41, 5.74) is 2.75. The Morgan fingerprint density at radius 1 is 1.18 bits per heavy atom. The van der Waals surface area contributed by atoms with E-state index in [1.807, 2.05) is 36.4 Å². The minimum absolute atomic E-state index is 0.109. The number of phenolic OH excluding ortho intramolecular Hbond substituents is 1. The number of hydrogen-bond acceptors (Lipinski definition) is 3. The Morgan fingerprint density at radius 2 is 1.82 bits per heavy atom. The summed E-state index contributed by atoms with van der Waals surface area (Å²) in [6, 6.07) is 14.1. The number of carbonyl (C=O) groups excluding carboxylic acids is 1. The van der Waals surface area contributed by atoms with E-state index in [9.17, 15) is 9.90 Å². The van der Waals surface area contributed by atoms with Gasteiger partial charge in [-0.05, 0) is 35.4 Å². The fourth-order valence-corrected chi connectivity index (χ4v) is 2.70. The molecule has 1 aliphatic rings. The Labute approximate surface area is 133 Å². The first-order valence-corrected chi connectivity index (χ1v) is 7.34. The summed E-state index contributed by atoms with van der Waals surface area (Å²) in [5.74, 6) is 0.0944. The average molecular weight is 315 g/mol. The fourth-order valence-electron chi connectivity index (χ4n) is 2.57. The van der Waals surface area contributed by atoms with Crippen LogP contribution in [0.15, 0.2) is 53.6 Å². The molecule has 2 aromatic carbocycles. The van der Waals surface area contributed by atoms with Gasteiger partial charge in [-0.25, -0.2) is 5.01 Å². The summed E-state index contributed by atoms with van der Waals surface area (Å²) >= 11 is 5.91. The molecule has 0 spiro atoms. The molecule has 1 aliphatic heterocycles. The number of aromatic hydroxyl groups is 1. The van der Waals surface area contributed by atoms with E-state index in [0.29, 0.717) is 11.4 Å². The Morgan fingerprint density at radius 3 is 2.41 bits per heavy atom. The van der Waals surface area contributed by atoms with Crippen molar-refractivity contribution >= 4 is 23.2 Å². The maximum absolute atomic E-state index is 11.9. The molecule has 0 aromatic heterocycles. The van der Waals surface area contributed by atoms with E-state index in [1.165, 1.54) is 11.9 Å². The topological polar surface area (TPSA) is 52.9 Å². The van der Waals surface area contributed by atoms with Crippen LogP contribution in [0.2, 0.25) is 5.02 Å². The molecule has 0 saturated heterocycles. The zero-order valence-electron chi connectivity index (χ0n) is 12.0. The van der Waals surface area contributed by atoms with E-state index >= 15 is 0 Å². The predicted octanol–water partition coefficient (Wildman–Crippen LogP) is 3.74. The van der Waals surface area contributed by atoms with Crippen LogP contribution in [-0.2, 0) is 4.79 Å². The molecule has 4 nitrogen and oxygen atoms in total. The molecule has 1 heterocycles. The Kier molecular flexibility index (Phi) is 3.86. The number of benzene rings is 2. The SMILES string of the molecule is CC(=O)N1N=C(c2ccc(Cl)cc2)CC1c1ccc(O)cc1. The van der Waals surface area contributed by atoms with Crippen LogP contribution in [0, 0.1) is 0 Å². The molecular weight excluding hydrogens is 300 g/mol. The molecule has 0 bridgehead atoms. The first kappa shape index (κ1) is 14.6. The van der Waals surface area contributed by atoms with Crippen molar-refractivity contribution in [3.05, 3.63) is 64.7 Å². The first-order valence-electron chi connectivity index (χ1n) is 6.97. The maximum atomic E-state index is 11.9. The van der Waals surface area contributed by atoms with E-state index in [4.69, 9.17) is 11.6 Å². The van der Waals surface area contributed by atoms with Gasteiger partial charge in [0, 0.05) is 18.4 Å². The van der Waals surface area contributed by atoms with Gasteiger partial charge in [0.2, 0.25) is 5.91 Å². The molecule has 2 aromatic rings. The van der Waals surface area contributed by atoms with Crippen molar-refractivity contribution in [1.29, 1.82) is 0 Å². The first-order chi connectivity index (χ1) is 10.5. The highest BCUT2D eigenvalue weighted by molar-refractivity contribution is 6.30. The molecule has 3 rings (SSSR count). The van der Waals surface area contributed by atoms with Gasteiger partial charge in [-0.15, -0.1) is 0 Å². The number of hydrogen-bond donors (Lipinski definition) is 1. The lowest BCUT2D eigenvalue weighted by Crippen LogP contribution is -2.24. The van der Waals surface area contributed by atoms with E-state index in [2.05, 4.69) is 5.10 Å². The third-order valence-electron chi connectivity index (χ3n) is 3.69. The molecule has 1 atom stereocenters. The standard InChI is InChI=1S/C17H15ClN2O2/c1-11(21)20-17(13-4-8-15(22)9-5-13)10-16(19-20)12-2-6-14(18)7-3-12/h2-9,17,22H,10H2,1H3. The third kappa shape index (κ3) is 2.83. The van der Waals surface area contributed by atoms with Gasteiger partial charge in [-0.3, -0.25) is 4.79 Å². The number of halogens is 1. The predicted molar refractivity (Wildman–Crippen MR) is 86.0 cm³/mol. The van der Waals surface area contributed by atoms with Gasteiger partial charge in [0.1, 0.15) is 5.75 Å². The number of nitrogens with zero attached hydrogens (tertiary/aromatic N) is 2. The number of phenols is 1. The zero-order valence-corrected chi connectivity index (χ0v) is 12.8. The van der Waals surface area contributed by atoms with Crippen LogP contribution in [0.4, 0.5) is 0 Å². The molecule has 0 saturated carbocycles. The minimum Gasteiger partial charge on any atom is -0.508 e. The van der Waals surface area contributed by atoms with Gasteiger partial charge in [-0.2, -0.15) is 5.10 Å². The number of rotatable bonds is 2. The lowest BCUT2D eigenvalue weighted by molar-refractivity contribution is -0.130. The maximum Gasteiger partial charge on any atom is 0.240 e. The van der Waals surface area contributed by atoms with Crippen LogP contribution in [-0.4, -0.2) is 21.7 Å². The summed E-state index contributed by atoms with van der Waals surface area (Å²) in [4.78, 5) is 11.9. The van der Waals surface area contributed by atoms with Crippen LogP contribution in [0.3, 0.4) is 0 Å². The van der Waals surface area contributed by atoms with Gasteiger partial charge >= 0.3 is 0 Å². The Bertz CT molecular complexity index is 723. The van der Waals surface area contributed by atoms with Gasteiger partial charge < -0.3 is 5.11 Å². The molecule has 1 unspecified atom stereocenters. The highest BCUT2D eigenvalue weighted by Crippen LogP contribution is 2.33. The minimum atomic E-state index is -0.149. The van der Waals surface area contributed by atoms with Crippen LogP contribution in [0.1, 0.15) is 30.5 Å². The summed E-state index contributed by atoms with van der Waals surface area (Å²) in [5, 5.41) is 16.0. The third-order valence-corrected chi connectivity index (χ3v) is 3.94. The van der Waals surface area contributed by atoms with Gasteiger partial charge in [-0.1, -0.05) is 35.9 Å². The fraction of sp³-hybridized carbons (Fsp3) is 0.176. The monoisotopic (exact) mass is 314 g/mol. The van der Waals surface area contributed by atoms with Crippen molar-refractivity contribution in [2.75, 3.05) is 0 Å². The molecule has 0 radical (unpaired) electrons. The molecule has 5 heteroatoms. The quantitative estimate of drug-likeness (QED) is 0.918. The van der Waals surface area contributed by atoms with Crippen molar-refractivity contribution in [3.8, 4) is 5.75 Å². The lowest BCUT2D eigenvalue weighted by Gasteiger charge is -2.20. The van der Waals surface area contributed by atoms with E-state index in [1.54, 1.807) is 12.1 Å². The second-order valence-electron chi connectivity index (χ2n) is 5.23. The lowest BCUT2D eigenvalue weighted by atomic mass is 9.98. The molecule has 0 aliphatic carbocycles. The molecular formula is C17H15ClN2O2. The Hall–Kier alpha value is -2.33. The van der Waals surface area contributed by atoms with Gasteiger partial charge in [0.15, 0.2) is 0 Å². The van der Waals surface area contributed by atoms with Gasteiger partial charge in [0.25, 0.3) is 0 Å². The van der Waals surface area contributed by atoms with Gasteiger partial charge in [0.05, 0.1) is 11.8 Å². The average Bonchev–Trinajstić information content (AvgIpc) is 2.94. The van der Waals surface area contributed by atoms with E-state index < -0.39 is 0 Å².